The van der Waals surface area contributed by atoms with Gasteiger partial charge in [-0.1, -0.05) is 61.0 Å². The number of hydrogen-bond donors (Lipinski definition) is 1. The van der Waals surface area contributed by atoms with Crippen LogP contribution in [0.3, 0.4) is 0 Å². The van der Waals surface area contributed by atoms with Gasteiger partial charge in [-0.25, -0.2) is 0 Å². The molecule has 1 N–H and O–H groups in total. The average molecular weight is 273 g/mol. The monoisotopic (exact) mass is 272 g/mol. The summed E-state index contributed by atoms with van der Waals surface area (Å²) in [5, 5.41) is 10.8. The summed E-state index contributed by atoms with van der Waals surface area (Å²) in [5.41, 5.74) is 1.06. The van der Waals surface area contributed by atoms with Gasteiger partial charge in [-0.3, -0.25) is 0 Å². The highest BCUT2D eigenvalue weighted by molar-refractivity contribution is 6.42. The van der Waals surface area contributed by atoms with E-state index in [0.29, 0.717) is 21.9 Å². The van der Waals surface area contributed by atoms with Crippen molar-refractivity contribution >= 4 is 23.2 Å². The van der Waals surface area contributed by atoms with Gasteiger partial charge in [0.25, 0.3) is 0 Å². The largest absolute Gasteiger partial charge is 0.396 e. The van der Waals surface area contributed by atoms with Crippen LogP contribution in [0.2, 0.25) is 10.0 Å². The Bertz CT molecular complexity index is 372. The fraction of sp³-hybridized carbons (Fsp3) is 0.571. The van der Waals surface area contributed by atoms with Crippen molar-refractivity contribution in [2.75, 3.05) is 6.61 Å². The number of rotatable bonds is 4. The van der Waals surface area contributed by atoms with E-state index in [1.54, 1.807) is 6.07 Å². The van der Waals surface area contributed by atoms with E-state index in [2.05, 4.69) is 0 Å². The van der Waals surface area contributed by atoms with Gasteiger partial charge in [0, 0.05) is 6.61 Å². The number of aliphatic hydroxyl groups excluding tert-OH is 1. The quantitative estimate of drug-likeness (QED) is 0.865. The van der Waals surface area contributed by atoms with Gasteiger partial charge in [-0.05, 0) is 29.9 Å². The second kappa shape index (κ2) is 6.08. The van der Waals surface area contributed by atoms with Crippen LogP contribution in [0.1, 0.15) is 31.2 Å². The van der Waals surface area contributed by atoms with Crippen LogP contribution in [-0.4, -0.2) is 11.7 Å². The Morgan fingerprint density at radius 2 is 1.94 bits per heavy atom. The first-order valence-electron chi connectivity index (χ1n) is 6.26. The third-order valence-corrected chi connectivity index (χ3v) is 4.67. The first kappa shape index (κ1) is 13.2. The second-order valence-corrected chi connectivity index (χ2v) is 5.69. The highest BCUT2D eigenvalue weighted by Crippen LogP contribution is 2.35. The highest BCUT2D eigenvalue weighted by Gasteiger charge is 2.25. The molecule has 94 valence electrons. The van der Waals surface area contributed by atoms with Crippen molar-refractivity contribution in [3.63, 3.8) is 0 Å². The smallest absolute Gasteiger partial charge is 0.0624 e. The van der Waals surface area contributed by atoms with Gasteiger partial charge >= 0.3 is 0 Å². The Hall–Kier alpha value is -0.240. The van der Waals surface area contributed by atoms with Crippen LogP contribution >= 0.6 is 23.2 Å². The van der Waals surface area contributed by atoms with Crippen molar-refractivity contribution in [3.05, 3.63) is 33.8 Å². The Morgan fingerprint density at radius 1 is 1.24 bits per heavy atom. The minimum atomic E-state index is 0.244. The molecule has 0 radical (unpaired) electrons. The molecule has 1 nitrogen and oxygen atoms in total. The molecule has 0 aromatic heterocycles. The molecule has 0 heterocycles. The van der Waals surface area contributed by atoms with Crippen molar-refractivity contribution in [1.29, 1.82) is 0 Å². The lowest BCUT2D eigenvalue weighted by Crippen LogP contribution is -2.18. The first-order valence-corrected chi connectivity index (χ1v) is 7.01. The fourth-order valence-corrected chi connectivity index (χ4v) is 3.19. The van der Waals surface area contributed by atoms with Crippen LogP contribution in [0, 0.1) is 11.8 Å². The first-order chi connectivity index (χ1) is 8.22. The van der Waals surface area contributed by atoms with Gasteiger partial charge in [0.05, 0.1) is 10.0 Å². The Labute approximate surface area is 113 Å². The lowest BCUT2D eigenvalue weighted by atomic mass is 9.86. The number of benzene rings is 1. The molecule has 0 spiro atoms. The van der Waals surface area contributed by atoms with E-state index in [4.69, 9.17) is 23.2 Å². The van der Waals surface area contributed by atoms with E-state index in [1.807, 2.05) is 12.1 Å². The molecule has 0 saturated heterocycles. The Kier molecular flexibility index (Phi) is 4.72. The molecule has 0 aliphatic heterocycles. The molecule has 1 fully saturated rings. The predicted molar refractivity (Wildman–Crippen MR) is 72.7 cm³/mol. The maximum Gasteiger partial charge on any atom is 0.0624 e. The topological polar surface area (TPSA) is 20.2 Å². The lowest BCUT2D eigenvalue weighted by molar-refractivity contribution is 0.176. The zero-order valence-electron chi connectivity index (χ0n) is 9.83. The molecule has 17 heavy (non-hydrogen) atoms. The standard InChI is InChI=1S/C14H18Cl2O/c15-13-7-3-6-11(14(13)16)8-12(9-17)10-4-1-2-5-10/h3,6-7,10,12,17H,1-2,4-5,8-9H2. The van der Waals surface area contributed by atoms with Crippen LogP contribution in [0.5, 0.6) is 0 Å². The average Bonchev–Trinajstić information content (AvgIpc) is 2.85. The number of hydrogen-bond acceptors (Lipinski definition) is 1. The van der Waals surface area contributed by atoms with Crippen LogP contribution in [0.25, 0.3) is 0 Å². The molecule has 1 aromatic carbocycles. The SMILES string of the molecule is OCC(Cc1cccc(Cl)c1Cl)C1CCCC1. The van der Waals surface area contributed by atoms with E-state index in [-0.39, 0.29) is 6.61 Å². The van der Waals surface area contributed by atoms with Gasteiger partial charge in [-0.15, -0.1) is 0 Å². The van der Waals surface area contributed by atoms with Crippen LogP contribution in [-0.2, 0) is 6.42 Å². The summed E-state index contributed by atoms with van der Waals surface area (Å²) in [6, 6.07) is 5.73. The molecule has 1 aliphatic rings. The van der Waals surface area contributed by atoms with E-state index in [1.165, 1.54) is 25.7 Å². The molecular weight excluding hydrogens is 255 g/mol. The molecule has 0 amide bonds. The van der Waals surface area contributed by atoms with Gasteiger partial charge in [0.1, 0.15) is 0 Å². The molecule has 2 rings (SSSR count). The van der Waals surface area contributed by atoms with E-state index >= 15 is 0 Å². The molecule has 1 saturated carbocycles. The van der Waals surface area contributed by atoms with Gasteiger partial charge < -0.3 is 5.11 Å². The van der Waals surface area contributed by atoms with Crippen LogP contribution in [0.4, 0.5) is 0 Å². The molecule has 1 aromatic rings. The zero-order valence-corrected chi connectivity index (χ0v) is 11.3. The molecule has 1 aliphatic carbocycles. The van der Waals surface area contributed by atoms with Gasteiger partial charge in [0.15, 0.2) is 0 Å². The third kappa shape index (κ3) is 3.15. The van der Waals surface area contributed by atoms with Crippen molar-refractivity contribution < 1.29 is 5.11 Å². The normalized spacial score (nSPS) is 18.5. The highest BCUT2D eigenvalue weighted by atomic mass is 35.5. The minimum Gasteiger partial charge on any atom is -0.396 e. The van der Waals surface area contributed by atoms with E-state index in [0.717, 1.165) is 12.0 Å². The molecule has 1 unspecified atom stereocenters. The number of halogens is 2. The van der Waals surface area contributed by atoms with Gasteiger partial charge in [0.2, 0.25) is 0 Å². The second-order valence-electron chi connectivity index (χ2n) is 4.90. The minimum absolute atomic E-state index is 0.244. The maximum absolute atomic E-state index is 9.53. The van der Waals surface area contributed by atoms with Crippen molar-refractivity contribution in [3.8, 4) is 0 Å². The molecular formula is C14H18Cl2O. The summed E-state index contributed by atoms with van der Waals surface area (Å²) in [5.74, 6) is 0.975. The summed E-state index contributed by atoms with van der Waals surface area (Å²) in [7, 11) is 0. The summed E-state index contributed by atoms with van der Waals surface area (Å²) >= 11 is 12.2. The summed E-state index contributed by atoms with van der Waals surface area (Å²) in [6.45, 7) is 0.244. The third-order valence-electron chi connectivity index (χ3n) is 3.81. The van der Waals surface area contributed by atoms with Crippen molar-refractivity contribution in [2.45, 2.75) is 32.1 Å². The Morgan fingerprint density at radius 3 is 2.59 bits per heavy atom. The summed E-state index contributed by atoms with van der Waals surface area (Å²) < 4.78 is 0. The molecule has 0 bridgehead atoms. The van der Waals surface area contributed by atoms with Crippen molar-refractivity contribution in [2.24, 2.45) is 11.8 Å². The molecule has 3 heteroatoms. The zero-order chi connectivity index (χ0) is 12.3. The predicted octanol–water partition coefficient (Wildman–Crippen LogP) is 4.33. The van der Waals surface area contributed by atoms with E-state index in [9.17, 15) is 5.11 Å². The lowest BCUT2D eigenvalue weighted by Gasteiger charge is -2.21. The Balaban J connectivity index is 2.09. The van der Waals surface area contributed by atoms with Gasteiger partial charge in [-0.2, -0.15) is 0 Å². The number of aliphatic hydroxyl groups is 1. The maximum atomic E-state index is 9.53. The van der Waals surface area contributed by atoms with Crippen molar-refractivity contribution in [1.82, 2.24) is 0 Å². The fourth-order valence-electron chi connectivity index (χ4n) is 2.80. The molecule has 1 atom stereocenters. The van der Waals surface area contributed by atoms with E-state index < -0.39 is 0 Å². The summed E-state index contributed by atoms with van der Waals surface area (Å²) in [4.78, 5) is 0. The van der Waals surface area contributed by atoms with Crippen LogP contribution < -0.4 is 0 Å². The summed E-state index contributed by atoms with van der Waals surface area (Å²) in [6.07, 6.45) is 5.91. The van der Waals surface area contributed by atoms with Crippen LogP contribution in [0.15, 0.2) is 18.2 Å².